The van der Waals surface area contributed by atoms with E-state index in [1.165, 1.54) is 0 Å². The zero-order chi connectivity index (χ0) is 15.0. The molecule has 1 fully saturated rings. The zero-order valence-corrected chi connectivity index (χ0v) is 12.2. The Bertz CT molecular complexity index is 704. The topological polar surface area (TPSA) is 54.5 Å². The van der Waals surface area contributed by atoms with Crippen molar-refractivity contribution >= 4 is 5.91 Å². The molecule has 4 rings (SSSR count). The van der Waals surface area contributed by atoms with Gasteiger partial charge in [-0.05, 0) is 24.3 Å². The van der Waals surface area contributed by atoms with Crippen LogP contribution in [0.15, 0.2) is 48.7 Å². The number of carbonyl (C=O) groups is 1. The molecule has 0 bridgehead atoms. The molecule has 2 aromatic rings. The normalized spacial score (nSPS) is 23.9. The van der Waals surface area contributed by atoms with Gasteiger partial charge in [0.25, 0.3) is 5.91 Å². The molecular weight excluding hydrogens is 278 g/mol. The fraction of sp³-hybridized carbons (Fsp3) is 0.294. The minimum atomic E-state index is -0.611. The number of rotatable bonds is 2. The Balaban J connectivity index is 1.52. The smallest absolute Gasteiger partial charge is 0.258 e. The molecule has 1 atom stereocenters. The average Bonchev–Trinajstić information content (AvgIpc) is 2.90. The third kappa shape index (κ3) is 2.33. The standard InChI is InChI=1S/C17H17N3O2/c21-16-14-6-1-2-7-15(14)22-17(19-16)8-10-20(12-17)11-13-5-3-4-9-18-13/h1-7,9H,8,10-12H2,(H,19,21). The summed E-state index contributed by atoms with van der Waals surface area (Å²) in [5.41, 5.74) is 1.03. The van der Waals surface area contributed by atoms with Crippen molar-refractivity contribution in [2.24, 2.45) is 0 Å². The Morgan fingerprint density at radius 3 is 2.95 bits per heavy atom. The van der Waals surface area contributed by atoms with Crippen molar-refractivity contribution in [1.82, 2.24) is 15.2 Å². The van der Waals surface area contributed by atoms with E-state index in [-0.39, 0.29) is 5.91 Å². The molecule has 1 amide bonds. The molecule has 22 heavy (non-hydrogen) atoms. The SMILES string of the molecule is O=C1NC2(CCN(Cc3ccccn3)C2)Oc2ccccc21. The highest BCUT2D eigenvalue weighted by atomic mass is 16.5. The number of likely N-dealkylation sites (tertiary alicyclic amines) is 1. The molecule has 1 N–H and O–H groups in total. The van der Waals surface area contributed by atoms with E-state index < -0.39 is 5.72 Å². The van der Waals surface area contributed by atoms with Crippen molar-refractivity contribution in [2.45, 2.75) is 18.7 Å². The van der Waals surface area contributed by atoms with Gasteiger partial charge in [0, 0.05) is 25.7 Å². The molecule has 0 radical (unpaired) electrons. The molecule has 5 heteroatoms. The number of para-hydroxylation sites is 1. The molecule has 1 spiro atoms. The van der Waals surface area contributed by atoms with Crippen LogP contribution in [0.5, 0.6) is 5.75 Å². The minimum Gasteiger partial charge on any atom is -0.466 e. The van der Waals surface area contributed by atoms with E-state index in [4.69, 9.17) is 4.74 Å². The van der Waals surface area contributed by atoms with Gasteiger partial charge < -0.3 is 10.1 Å². The number of hydrogen-bond acceptors (Lipinski definition) is 4. The van der Waals surface area contributed by atoms with E-state index in [0.717, 1.165) is 25.2 Å². The van der Waals surface area contributed by atoms with Crippen molar-refractivity contribution in [3.8, 4) is 5.75 Å². The summed E-state index contributed by atoms with van der Waals surface area (Å²) in [6.45, 7) is 2.31. The number of benzene rings is 1. The molecule has 1 saturated heterocycles. The van der Waals surface area contributed by atoms with E-state index in [9.17, 15) is 4.79 Å². The van der Waals surface area contributed by atoms with Gasteiger partial charge >= 0.3 is 0 Å². The van der Waals surface area contributed by atoms with Crippen LogP contribution in [0, 0.1) is 0 Å². The second-order valence-electron chi connectivity index (χ2n) is 5.83. The van der Waals surface area contributed by atoms with Crippen molar-refractivity contribution in [3.05, 3.63) is 59.9 Å². The molecule has 1 aromatic heterocycles. The van der Waals surface area contributed by atoms with Crippen LogP contribution in [-0.4, -0.2) is 34.6 Å². The van der Waals surface area contributed by atoms with E-state index in [1.807, 2.05) is 36.4 Å². The third-order valence-corrected chi connectivity index (χ3v) is 4.20. The lowest BCUT2D eigenvalue weighted by atomic mass is 10.1. The van der Waals surface area contributed by atoms with Gasteiger partial charge in [0.2, 0.25) is 0 Å². The lowest BCUT2D eigenvalue weighted by molar-refractivity contribution is 0.0245. The van der Waals surface area contributed by atoms with Crippen LogP contribution in [0.2, 0.25) is 0 Å². The summed E-state index contributed by atoms with van der Waals surface area (Å²) in [5.74, 6) is 0.618. The fourth-order valence-corrected chi connectivity index (χ4v) is 3.15. The van der Waals surface area contributed by atoms with Gasteiger partial charge in [0.05, 0.1) is 17.8 Å². The summed E-state index contributed by atoms with van der Waals surface area (Å²) in [6.07, 6.45) is 2.58. The van der Waals surface area contributed by atoms with Crippen molar-refractivity contribution in [3.63, 3.8) is 0 Å². The van der Waals surface area contributed by atoms with Gasteiger partial charge in [-0.25, -0.2) is 0 Å². The number of amides is 1. The fourth-order valence-electron chi connectivity index (χ4n) is 3.15. The summed E-state index contributed by atoms with van der Waals surface area (Å²) in [5, 5.41) is 3.04. The summed E-state index contributed by atoms with van der Waals surface area (Å²) >= 11 is 0. The highest BCUT2D eigenvalue weighted by Crippen LogP contribution is 2.33. The zero-order valence-electron chi connectivity index (χ0n) is 12.2. The molecule has 112 valence electrons. The summed E-state index contributed by atoms with van der Waals surface area (Å²) in [4.78, 5) is 18.9. The van der Waals surface area contributed by atoms with E-state index in [2.05, 4.69) is 15.2 Å². The second kappa shape index (κ2) is 5.10. The molecular formula is C17H17N3O2. The Labute approximate surface area is 128 Å². The van der Waals surface area contributed by atoms with Gasteiger partial charge in [-0.3, -0.25) is 14.7 Å². The highest BCUT2D eigenvalue weighted by molar-refractivity contribution is 5.98. The monoisotopic (exact) mass is 295 g/mol. The average molecular weight is 295 g/mol. The summed E-state index contributed by atoms with van der Waals surface area (Å²) < 4.78 is 6.12. The predicted molar refractivity (Wildman–Crippen MR) is 81.4 cm³/mol. The molecule has 2 aliphatic rings. The van der Waals surface area contributed by atoms with Crippen molar-refractivity contribution < 1.29 is 9.53 Å². The first-order valence-electron chi connectivity index (χ1n) is 7.47. The van der Waals surface area contributed by atoms with Crippen LogP contribution < -0.4 is 10.1 Å². The van der Waals surface area contributed by atoms with Crippen LogP contribution in [0.3, 0.4) is 0 Å². The molecule has 0 aliphatic carbocycles. The van der Waals surface area contributed by atoms with Gasteiger partial charge in [0.1, 0.15) is 5.75 Å². The largest absolute Gasteiger partial charge is 0.466 e. The highest BCUT2D eigenvalue weighted by Gasteiger charge is 2.45. The van der Waals surface area contributed by atoms with Crippen LogP contribution in [0.1, 0.15) is 22.5 Å². The maximum absolute atomic E-state index is 12.3. The third-order valence-electron chi connectivity index (χ3n) is 4.20. The van der Waals surface area contributed by atoms with Gasteiger partial charge in [-0.1, -0.05) is 18.2 Å². The number of nitrogens with zero attached hydrogens (tertiary/aromatic N) is 2. The van der Waals surface area contributed by atoms with E-state index in [1.54, 1.807) is 12.3 Å². The minimum absolute atomic E-state index is 0.0541. The molecule has 3 heterocycles. The number of carbonyl (C=O) groups excluding carboxylic acids is 1. The van der Waals surface area contributed by atoms with Gasteiger partial charge in [-0.2, -0.15) is 0 Å². The molecule has 2 aliphatic heterocycles. The number of pyridine rings is 1. The second-order valence-corrected chi connectivity index (χ2v) is 5.83. The summed E-state index contributed by atoms with van der Waals surface area (Å²) in [7, 11) is 0. The van der Waals surface area contributed by atoms with Gasteiger partial charge in [-0.15, -0.1) is 0 Å². The van der Waals surface area contributed by atoms with E-state index >= 15 is 0 Å². The number of aromatic nitrogens is 1. The Kier molecular flexibility index (Phi) is 3.08. The lowest BCUT2D eigenvalue weighted by Gasteiger charge is -2.36. The van der Waals surface area contributed by atoms with Crippen molar-refractivity contribution in [2.75, 3.05) is 13.1 Å². The van der Waals surface area contributed by atoms with Crippen LogP contribution in [0.25, 0.3) is 0 Å². The predicted octanol–water partition coefficient (Wildman–Crippen LogP) is 1.81. The Morgan fingerprint density at radius 2 is 2.09 bits per heavy atom. The Morgan fingerprint density at radius 1 is 1.23 bits per heavy atom. The van der Waals surface area contributed by atoms with Crippen LogP contribution >= 0.6 is 0 Å². The van der Waals surface area contributed by atoms with Gasteiger partial charge in [0.15, 0.2) is 5.72 Å². The first-order valence-corrected chi connectivity index (χ1v) is 7.47. The maximum Gasteiger partial charge on any atom is 0.258 e. The number of nitrogens with one attached hydrogen (secondary N) is 1. The lowest BCUT2D eigenvalue weighted by Crippen LogP contribution is -2.57. The first-order chi connectivity index (χ1) is 10.7. The van der Waals surface area contributed by atoms with Crippen LogP contribution in [0.4, 0.5) is 0 Å². The Hall–Kier alpha value is -2.40. The number of fused-ring (bicyclic) bond motifs is 1. The quantitative estimate of drug-likeness (QED) is 0.918. The molecule has 5 nitrogen and oxygen atoms in total. The van der Waals surface area contributed by atoms with E-state index in [0.29, 0.717) is 17.9 Å². The number of hydrogen-bond donors (Lipinski definition) is 1. The first kappa shape index (κ1) is 13.3. The molecule has 1 aromatic carbocycles. The maximum atomic E-state index is 12.3. The van der Waals surface area contributed by atoms with Crippen LogP contribution in [-0.2, 0) is 6.54 Å². The molecule has 0 saturated carbocycles. The summed E-state index contributed by atoms with van der Waals surface area (Å²) in [6, 6.07) is 13.3. The number of ether oxygens (including phenoxy) is 1. The van der Waals surface area contributed by atoms with Crippen molar-refractivity contribution in [1.29, 1.82) is 0 Å². The molecule has 1 unspecified atom stereocenters.